The van der Waals surface area contributed by atoms with E-state index in [1.54, 1.807) is 30.3 Å². The molecule has 0 fully saturated rings. The van der Waals surface area contributed by atoms with Crippen molar-refractivity contribution in [3.8, 4) is 0 Å². The zero-order valence-corrected chi connectivity index (χ0v) is 9.75. The van der Waals surface area contributed by atoms with Gasteiger partial charge in [0.25, 0.3) is 5.91 Å². The topological polar surface area (TPSA) is 92.7 Å². The maximum atomic E-state index is 11.5. The lowest BCUT2D eigenvalue weighted by Gasteiger charge is -2.11. The van der Waals surface area contributed by atoms with Crippen LogP contribution in [0.5, 0.6) is 0 Å². The van der Waals surface area contributed by atoms with E-state index >= 15 is 0 Å². The van der Waals surface area contributed by atoms with E-state index in [0.717, 1.165) is 6.92 Å². The summed E-state index contributed by atoms with van der Waals surface area (Å²) in [4.78, 5) is 37.3. The molecule has 1 unspecified atom stereocenters. The number of carboxylic acid groups (broad SMARTS) is 1. The van der Waals surface area contributed by atoms with Crippen molar-refractivity contribution >= 4 is 17.8 Å². The van der Waals surface area contributed by atoms with Gasteiger partial charge in [-0.3, -0.25) is 14.4 Å². The molecule has 0 aliphatic rings. The zero-order valence-electron chi connectivity index (χ0n) is 9.75. The molecule has 0 aliphatic heterocycles. The van der Waals surface area contributed by atoms with Crippen molar-refractivity contribution in [3.05, 3.63) is 35.9 Å². The van der Waals surface area contributed by atoms with Gasteiger partial charge < -0.3 is 9.94 Å². The molecular weight excluding hydrogens is 238 g/mol. The minimum Gasteiger partial charge on any atom is -0.481 e. The van der Waals surface area contributed by atoms with Crippen LogP contribution in [0.25, 0.3) is 0 Å². The van der Waals surface area contributed by atoms with Crippen LogP contribution < -0.4 is 5.48 Å². The molecule has 0 spiro atoms. The average molecular weight is 251 g/mol. The molecule has 1 aromatic rings. The van der Waals surface area contributed by atoms with E-state index in [-0.39, 0.29) is 6.42 Å². The molecule has 0 radical (unpaired) electrons. The quantitative estimate of drug-likeness (QED) is 0.601. The van der Waals surface area contributed by atoms with Crippen LogP contribution in [-0.2, 0) is 25.6 Å². The number of hydroxylamine groups is 1. The number of carboxylic acids is 1. The molecule has 18 heavy (non-hydrogen) atoms. The Morgan fingerprint density at radius 1 is 1.28 bits per heavy atom. The summed E-state index contributed by atoms with van der Waals surface area (Å²) >= 11 is 0. The number of rotatable bonds is 4. The highest BCUT2D eigenvalue weighted by atomic mass is 16.7. The predicted octanol–water partition coefficient (Wildman–Crippen LogP) is 0.524. The molecule has 1 atom stereocenters. The van der Waals surface area contributed by atoms with Crippen LogP contribution in [-0.4, -0.2) is 23.0 Å². The minimum atomic E-state index is -1.30. The van der Waals surface area contributed by atoms with Gasteiger partial charge in [-0.2, -0.15) is 5.48 Å². The molecule has 0 aliphatic carbocycles. The number of amides is 1. The molecule has 2 N–H and O–H groups in total. The first kappa shape index (κ1) is 13.7. The van der Waals surface area contributed by atoms with Gasteiger partial charge in [0, 0.05) is 6.92 Å². The summed E-state index contributed by atoms with van der Waals surface area (Å²) in [7, 11) is 0. The summed E-state index contributed by atoms with van der Waals surface area (Å²) in [5, 5.41) is 8.97. The summed E-state index contributed by atoms with van der Waals surface area (Å²) < 4.78 is 0. The summed E-state index contributed by atoms with van der Waals surface area (Å²) in [6.07, 6.45) is 0.0310. The third kappa shape index (κ3) is 4.25. The second-order valence-electron chi connectivity index (χ2n) is 3.64. The Bertz CT molecular complexity index is 443. The van der Waals surface area contributed by atoms with Crippen LogP contribution in [0.4, 0.5) is 0 Å². The van der Waals surface area contributed by atoms with Crippen molar-refractivity contribution < 1.29 is 24.3 Å². The Kier molecular flexibility index (Phi) is 4.86. The van der Waals surface area contributed by atoms with Gasteiger partial charge in [-0.1, -0.05) is 30.3 Å². The van der Waals surface area contributed by atoms with Gasteiger partial charge in [-0.05, 0) is 12.0 Å². The number of benzene rings is 1. The second kappa shape index (κ2) is 6.39. The molecule has 0 aromatic heterocycles. The first-order valence-corrected chi connectivity index (χ1v) is 5.24. The molecule has 1 aromatic carbocycles. The highest BCUT2D eigenvalue weighted by molar-refractivity contribution is 5.97. The largest absolute Gasteiger partial charge is 0.481 e. The van der Waals surface area contributed by atoms with Crippen LogP contribution in [0, 0.1) is 5.92 Å². The number of hydrogen-bond acceptors (Lipinski definition) is 4. The highest BCUT2D eigenvalue weighted by Gasteiger charge is 2.27. The molecule has 0 bridgehead atoms. The maximum Gasteiger partial charge on any atom is 0.329 e. The van der Waals surface area contributed by atoms with Crippen molar-refractivity contribution in [1.29, 1.82) is 0 Å². The van der Waals surface area contributed by atoms with E-state index in [0.29, 0.717) is 5.56 Å². The van der Waals surface area contributed by atoms with Gasteiger partial charge in [0.15, 0.2) is 0 Å². The third-order valence-corrected chi connectivity index (χ3v) is 2.19. The molecule has 0 heterocycles. The Morgan fingerprint density at radius 2 is 1.89 bits per heavy atom. The monoisotopic (exact) mass is 251 g/mol. The van der Waals surface area contributed by atoms with E-state index < -0.39 is 23.8 Å². The Labute approximate surface area is 104 Å². The van der Waals surface area contributed by atoms with Gasteiger partial charge in [-0.15, -0.1) is 0 Å². The second-order valence-corrected chi connectivity index (χ2v) is 3.64. The molecule has 1 rings (SSSR count). The first-order valence-electron chi connectivity index (χ1n) is 5.24. The highest BCUT2D eigenvalue weighted by Crippen LogP contribution is 2.09. The SMILES string of the molecule is CC(=O)ONC(=O)C(Cc1ccccc1)C(=O)O. The average Bonchev–Trinajstić information content (AvgIpc) is 2.34. The lowest BCUT2D eigenvalue weighted by molar-refractivity contribution is -0.161. The van der Waals surface area contributed by atoms with Gasteiger partial charge in [-0.25, -0.2) is 0 Å². The standard InChI is InChI=1S/C12H13NO5/c1-8(14)18-13-11(15)10(12(16)17)7-9-5-3-2-4-6-9/h2-6,10H,7H2,1H3,(H,13,15)(H,16,17). The molecule has 1 amide bonds. The molecular formula is C12H13NO5. The smallest absolute Gasteiger partial charge is 0.329 e. The summed E-state index contributed by atoms with van der Waals surface area (Å²) in [5.74, 6) is -4.15. The number of hydrogen-bond donors (Lipinski definition) is 2. The first-order chi connectivity index (χ1) is 8.50. The van der Waals surface area contributed by atoms with E-state index in [1.165, 1.54) is 0 Å². The van der Waals surface area contributed by atoms with E-state index in [4.69, 9.17) is 5.11 Å². The lowest BCUT2D eigenvalue weighted by atomic mass is 9.99. The normalized spacial score (nSPS) is 11.4. The number of carbonyl (C=O) groups is 3. The summed E-state index contributed by atoms with van der Waals surface area (Å²) in [6.45, 7) is 1.10. The molecule has 6 heteroatoms. The molecule has 0 saturated heterocycles. The van der Waals surface area contributed by atoms with Gasteiger partial charge >= 0.3 is 11.9 Å². The Hall–Kier alpha value is -2.37. The van der Waals surface area contributed by atoms with Crippen molar-refractivity contribution in [3.63, 3.8) is 0 Å². The van der Waals surface area contributed by atoms with Crippen LogP contribution in [0.2, 0.25) is 0 Å². The van der Waals surface area contributed by atoms with E-state index in [2.05, 4.69) is 4.84 Å². The Morgan fingerprint density at radius 3 is 2.39 bits per heavy atom. The number of aliphatic carboxylic acids is 1. The van der Waals surface area contributed by atoms with E-state index in [1.807, 2.05) is 5.48 Å². The van der Waals surface area contributed by atoms with Crippen molar-refractivity contribution in [1.82, 2.24) is 5.48 Å². The van der Waals surface area contributed by atoms with Crippen molar-refractivity contribution in [2.45, 2.75) is 13.3 Å². The maximum absolute atomic E-state index is 11.5. The van der Waals surface area contributed by atoms with Crippen molar-refractivity contribution in [2.75, 3.05) is 0 Å². The van der Waals surface area contributed by atoms with Crippen LogP contribution in [0.15, 0.2) is 30.3 Å². The van der Waals surface area contributed by atoms with Gasteiger partial charge in [0.2, 0.25) is 0 Å². The molecule has 6 nitrogen and oxygen atoms in total. The van der Waals surface area contributed by atoms with Crippen LogP contribution in [0.1, 0.15) is 12.5 Å². The summed E-state index contributed by atoms with van der Waals surface area (Å²) in [6, 6.07) is 8.72. The van der Waals surface area contributed by atoms with Crippen molar-refractivity contribution in [2.24, 2.45) is 5.92 Å². The van der Waals surface area contributed by atoms with E-state index in [9.17, 15) is 14.4 Å². The predicted molar refractivity (Wildman–Crippen MR) is 61.2 cm³/mol. The fraction of sp³-hybridized carbons (Fsp3) is 0.250. The fourth-order valence-corrected chi connectivity index (χ4v) is 1.34. The zero-order chi connectivity index (χ0) is 13.5. The summed E-state index contributed by atoms with van der Waals surface area (Å²) in [5.41, 5.74) is 2.53. The third-order valence-electron chi connectivity index (χ3n) is 2.19. The van der Waals surface area contributed by atoms with Gasteiger partial charge in [0.05, 0.1) is 0 Å². The Balaban J connectivity index is 2.68. The minimum absolute atomic E-state index is 0.0310. The van der Waals surface area contributed by atoms with Crippen LogP contribution in [0.3, 0.4) is 0 Å². The molecule has 0 saturated carbocycles. The molecule has 96 valence electrons. The number of nitrogens with one attached hydrogen (secondary N) is 1. The number of carbonyl (C=O) groups excluding carboxylic acids is 2. The van der Waals surface area contributed by atoms with Crippen LogP contribution >= 0.6 is 0 Å². The lowest BCUT2D eigenvalue weighted by Crippen LogP contribution is -2.37. The fourth-order valence-electron chi connectivity index (χ4n) is 1.34. The van der Waals surface area contributed by atoms with Gasteiger partial charge in [0.1, 0.15) is 5.92 Å².